The smallest absolute Gasteiger partial charge is 0.338 e. The Morgan fingerprint density at radius 1 is 1.14 bits per heavy atom. The number of rotatable bonds is 6. The number of esters is 1. The van der Waals surface area contributed by atoms with Gasteiger partial charge >= 0.3 is 5.97 Å². The lowest BCUT2D eigenvalue weighted by Gasteiger charge is -2.05. The molecule has 0 saturated heterocycles. The maximum atomic E-state index is 11.7. The Morgan fingerprint density at radius 3 is 2.61 bits per heavy atom. The van der Waals surface area contributed by atoms with Crippen LogP contribution in [0, 0.1) is 0 Å². The maximum Gasteiger partial charge on any atom is 0.338 e. The maximum absolute atomic E-state index is 11.7. The number of thiazole rings is 1. The van der Waals surface area contributed by atoms with Crippen LogP contribution in [0.15, 0.2) is 72.6 Å². The van der Waals surface area contributed by atoms with E-state index in [1.165, 1.54) is 11.3 Å². The molecular formula is C21H18N4O2S. The van der Waals surface area contributed by atoms with Gasteiger partial charge in [-0.05, 0) is 43.3 Å². The summed E-state index contributed by atoms with van der Waals surface area (Å²) in [5.74, 6) is -0.315. The molecule has 0 unspecified atom stereocenters. The molecule has 2 aromatic carbocycles. The van der Waals surface area contributed by atoms with Gasteiger partial charge in [0.05, 0.1) is 24.2 Å². The van der Waals surface area contributed by atoms with E-state index in [4.69, 9.17) is 4.74 Å². The summed E-state index contributed by atoms with van der Waals surface area (Å²) in [6.07, 6.45) is 5.44. The normalized spacial score (nSPS) is 10.6. The molecule has 1 N–H and O–H groups in total. The van der Waals surface area contributed by atoms with Gasteiger partial charge in [0, 0.05) is 34.7 Å². The van der Waals surface area contributed by atoms with Crippen LogP contribution in [0.1, 0.15) is 17.3 Å². The van der Waals surface area contributed by atoms with E-state index >= 15 is 0 Å². The summed E-state index contributed by atoms with van der Waals surface area (Å²) in [5.41, 5.74) is 4.41. The fourth-order valence-electron chi connectivity index (χ4n) is 2.71. The first-order valence-corrected chi connectivity index (χ1v) is 9.69. The quantitative estimate of drug-likeness (QED) is 0.474. The number of anilines is 2. The number of nitrogens with zero attached hydrogens (tertiary/aromatic N) is 3. The summed E-state index contributed by atoms with van der Waals surface area (Å²) in [4.78, 5) is 20.4. The lowest BCUT2D eigenvalue weighted by Crippen LogP contribution is -2.04. The lowest BCUT2D eigenvalue weighted by molar-refractivity contribution is 0.0526. The Labute approximate surface area is 166 Å². The molecule has 0 saturated carbocycles. The van der Waals surface area contributed by atoms with Gasteiger partial charge in [0.2, 0.25) is 0 Å². The van der Waals surface area contributed by atoms with Crippen LogP contribution >= 0.6 is 11.3 Å². The number of carbonyl (C=O) groups is 1. The molecule has 7 heteroatoms. The van der Waals surface area contributed by atoms with Crippen LogP contribution in [-0.2, 0) is 4.74 Å². The second-order valence-corrected chi connectivity index (χ2v) is 6.84. The van der Waals surface area contributed by atoms with Crippen molar-refractivity contribution in [3.8, 4) is 16.9 Å². The minimum Gasteiger partial charge on any atom is -0.462 e. The topological polar surface area (TPSA) is 69.0 Å². The molecular weight excluding hydrogens is 372 g/mol. The Kier molecular flexibility index (Phi) is 5.16. The molecule has 0 amide bonds. The number of hydrogen-bond acceptors (Lipinski definition) is 6. The highest BCUT2D eigenvalue weighted by atomic mass is 32.1. The minimum absolute atomic E-state index is 0.315. The van der Waals surface area contributed by atoms with Crippen molar-refractivity contribution in [1.29, 1.82) is 0 Å². The van der Waals surface area contributed by atoms with Crippen molar-refractivity contribution < 1.29 is 9.53 Å². The molecule has 2 heterocycles. The number of nitrogens with one attached hydrogen (secondary N) is 1. The summed E-state index contributed by atoms with van der Waals surface area (Å²) < 4.78 is 6.95. The van der Waals surface area contributed by atoms with Crippen LogP contribution in [0.2, 0.25) is 0 Å². The zero-order chi connectivity index (χ0) is 19.3. The fourth-order valence-corrected chi connectivity index (χ4v) is 3.45. The molecule has 0 aliphatic carbocycles. The highest BCUT2D eigenvalue weighted by Crippen LogP contribution is 2.28. The molecule has 0 aliphatic rings. The molecule has 0 spiro atoms. The van der Waals surface area contributed by atoms with Crippen molar-refractivity contribution in [2.24, 2.45) is 0 Å². The van der Waals surface area contributed by atoms with Crippen molar-refractivity contribution in [3.63, 3.8) is 0 Å². The number of imidazole rings is 1. The summed E-state index contributed by atoms with van der Waals surface area (Å²) in [7, 11) is 0. The third-order valence-corrected chi connectivity index (χ3v) is 4.87. The first-order valence-electron chi connectivity index (χ1n) is 8.81. The number of hydrogen-bond donors (Lipinski definition) is 1. The monoisotopic (exact) mass is 390 g/mol. The largest absolute Gasteiger partial charge is 0.462 e. The fraction of sp³-hybridized carbons (Fsp3) is 0.0952. The lowest BCUT2D eigenvalue weighted by atomic mass is 10.1. The van der Waals surface area contributed by atoms with Crippen LogP contribution in [0.5, 0.6) is 0 Å². The Hall–Kier alpha value is -3.45. The van der Waals surface area contributed by atoms with Crippen LogP contribution in [0.25, 0.3) is 16.9 Å². The van der Waals surface area contributed by atoms with Gasteiger partial charge in [0.1, 0.15) is 0 Å². The van der Waals surface area contributed by atoms with Crippen molar-refractivity contribution in [3.05, 3.63) is 78.2 Å². The summed E-state index contributed by atoms with van der Waals surface area (Å²) in [6, 6.07) is 15.3. The van der Waals surface area contributed by atoms with Gasteiger partial charge < -0.3 is 14.6 Å². The summed E-state index contributed by atoms with van der Waals surface area (Å²) in [5, 5.41) is 6.07. The van der Waals surface area contributed by atoms with Gasteiger partial charge in [-0.1, -0.05) is 12.1 Å². The van der Waals surface area contributed by atoms with Crippen LogP contribution in [0.4, 0.5) is 10.8 Å². The van der Waals surface area contributed by atoms with Gasteiger partial charge in [-0.3, -0.25) is 0 Å². The van der Waals surface area contributed by atoms with E-state index in [-0.39, 0.29) is 5.97 Å². The van der Waals surface area contributed by atoms with Gasteiger partial charge in [0.15, 0.2) is 5.13 Å². The van der Waals surface area contributed by atoms with E-state index in [0.717, 1.165) is 27.8 Å². The number of benzene rings is 2. The van der Waals surface area contributed by atoms with Crippen molar-refractivity contribution in [2.45, 2.75) is 6.92 Å². The molecule has 0 fully saturated rings. The average Bonchev–Trinajstić information content (AvgIpc) is 3.41. The standard InChI is InChI=1S/C21H18N4O2S/c1-2-27-20(26)16-3-7-17(8-4-16)23-21-24-19(13-28-21)15-5-9-18(10-6-15)25-12-11-22-14-25/h3-14H,2H2,1H3,(H,23,24). The van der Waals surface area contributed by atoms with Crippen LogP contribution in [0.3, 0.4) is 0 Å². The molecule has 28 heavy (non-hydrogen) atoms. The molecule has 4 aromatic rings. The van der Waals surface area contributed by atoms with Crippen LogP contribution in [-0.4, -0.2) is 27.1 Å². The Balaban J connectivity index is 1.45. The zero-order valence-electron chi connectivity index (χ0n) is 15.2. The second kappa shape index (κ2) is 8.06. The molecule has 0 radical (unpaired) electrons. The highest BCUT2D eigenvalue weighted by molar-refractivity contribution is 7.14. The Bertz CT molecular complexity index is 1050. The minimum atomic E-state index is -0.315. The molecule has 6 nitrogen and oxygen atoms in total. The third kappa shape index (κ3) is 3.94. The van der Waals surface area contributed by atoms with Gasteiger partial charge in [0.25, 0.3) is 0 Å². The van der Waals surface area contributed by atoms with Gasteiger partial charge in [-0.25, -0.2) is 14.8 Å². The summed E-state index contributed by atoms with van der Waals surface area (Å²) >= 11 is 1.53. The van der Waals surface area contributed by atoms with E-state index < -0.39 is 0 Å². The zero-order valence-corrected chi connectivity index (χ0v) is 16.0. The van der Waals surface area contributed by atoms with E-state index in [2.05, 4.69) is 15.3 Å². The Morgan fingerprint density at radius 2 is 1.93 bits per heavy atom. The van der Waals surface area contributed by atoms with Crippen LogP contribution < -0.4 is 5.32 Å². The number of carbonyl (C=O) groups excluding carboxylic acids is 1. The highest BCUT2D eigenvalue weighted by Gasteiger charge is 2.08. The first kappa shape index (κ1) is 17.9. The molecule has 140 valence electrons. The molecule has 4 rings (SSSR count). The number of ether oxygens (including phenoxy) is 1. The van der Waals surface area contributed by atoms with Crippen molar-refractivity contribution >= 4 is 28.1 Å². The first-order chi connectivity index (χ1) is 13.7. The third-order valence-electron chi connectivity index (χ3n) is 4.12. The number of aromatic nitrogens is 3. The molecule has 0 aliphatic heterocycles. The predicted octanol–water partition coefficient (Wildman–Crippen LogP) is 4.92. The van der Waals surface area contributed by atoms with Crippen molar-refractivity contribution in [2.75, 3.05) is 11.9 Å². The van der Waals surface area contributed by atoms with E-state index in [0.29, 0.717) is 12.2 Å². The van der Waals surface area contributed by atoms with Crippen molar-refractivity contribution in [1.82, 2.24) is 14.5 Å². The molecule has 0 bridgehead atoms. The van der Waals surface area contributed by atoms with Gasteiger partial charge in [-0.2, -0.15) is 0 Å². The molecule has 2 aromatic heterocycles. The van der Waals surface area contributed by atoms with E-state index in [9.17, 15) is 4.79 Å². The van der Waals surface area contributed by atoms with E-state index in [1.54, 1.807) is 31.6 Å². The predicted molar refractivity (Wildman–Crippen MR) is 110 cm³/mol. The summed E-state index contributed by atoms with van der Waals surface area (Å²) in [6.45, 7) is 2.16. The molecule has 0 atom stereocenters. The van der Waals surface area contributed by atoms with E-state index in [1.807, 2.05) is 52.5 Å². The average molecular weight is 390 g/mol. The second-order valence-electron chi connectivity index (χ2n) is 5.98. The van der Waals surface area contributed by atoms with Gasteiger partial charge in [-0.15, -0.1) is 11.3 Å². The SMILES string of the molecule is CCOC(=O)c1ccc(Nc2nc(-c3ccc(-n4ccnc4)cc3)cs2)cc1.